The minimum atomic E-state index is -1.23. The molecule has 0 radical (unpaired) electrons. The van der Waals surface area contributed by atoms with Crippen LogP contribution >= 0.6 is 0 Å². The lowest BCUT2D eigenvalue weighted by Crippen LogP contribution is -2.50. The van der Waals surface area contributed by atoms with Crippen molar-refractivity contribution < 1.29 is 29.2 Å². The monoisotopic (exact) mass is 461 g/mol. The Morgan fingerprint density at radius 3 is 2.06 bits per heavy atom. The van der Waals surface area contributed by atoms with E-state index in [-0.39, 0.29) is 29.6 Å². The molecule has 7 nitrogen and oxygen atoms in total. The molecule has 1 heterocycles. The van der Waals surface area contributed by atoms with E-state index < -0.39 is 16.9 Å². The SMILES string of the molecule is CCCOC(C)(C)C1COC(CC(C)OCCC(C)(N)O)C1C(C)(C)OCCC(C)(C)O. The number of nitrogens with two attached hydrogens (primary N) is 1. The van der Waals surface area contributed by atoms with Crippen LogP contribution in [0.3, 0.4) is 0 Å². The molecule has 1 saturated heterocycles. The fourth-order valence-corrected chi connectivity index (χ4v) is 4.47. The Morgan fingerprint density at radius 2 is 1.53 bits per heavy atom. The molecule has 1 aliphatic rings. The first-order chi connectivity index (χ1) is 14.5. The fourth-order valence-electron chi connectivity index (χ4n) is 4.47. The Bertz CT molecular complexity index is 538. The zero-order chi connectivity index (χ0) is 24.8. The first kappa shape index (κ1) is 29.8. The van der Waals surface area contributed by atoms with E-state index in [4.69, 9.17) is 24.7 Å². The maximum Gasteiger partial charge on any atom is 0.112 e. The van der Waals surface area contributed by atoms with E-state index in [1.54, 1.807) is 20.8 Å². The van der Waals surface area contributed by atoms with Crippen molar-refractivity contribution in [1.29, 1.82) is 0 Å². The van der Waals surface area contributed by atoms with Crippen molar-refractivity contribution in [3.8, 4) is 0 Å². The number of hydrogen-bond acceptors (Lipinski definition) is 7. The first-order valence-electron chi connectivity index (χ1n) is 12.2. The van der Waals surface area contributed by atoms with Crippen molar-refractivity contribution in [2.24, 2.45) is 17.6 Å². The molecule has 7 heteroatoms. The summed E-state index contributed by atoms with van der Waals surface area (Å²) in [5.74, 6) is 0.257. The van der Waals surface area contributed by atoms with Crippen LogP contribution in [0.1, 0.15) is 88.0 Å². The second-order valence-corrected chi connectivity index (χ2v) is 11.5. The molecule has 1 rings (SSSR count). The van der Waals surface area contributed by atoms with E-state index in [0.717, 1.165) is 12.8 Å². The molecule has 4 N–H and O–H groups in total. The molecule has 1 aliphatic heterocycles. The predicted octanol–water partition coefficient (Wildman–Crippen LogP) is 3.63. The highest BCUT2D eigenvalue weighted by atomic mass is 16.5. The minimum absolute atomic E-state index is 0.0459. The zero-order valence-electron chi connectivity index (χ0n) is 22.1. The zero-order valence-corrected chi connectivity index (χ0v) is 22.1. The first-order valence-corrected chi connectivity index (χ1v) is 12.2. The van der Waals surface area contributed by atoms with Gasteiger partial charge in [0, 0.05) is 24.9 Å². The molecule has 0 bridgehead atoms. The van der Waals surface area contributed by atoms with Crippen molar-refractivity contribution >= 4 is 0 Å². The van der Waals surface area contributed by atoms with Gasteiger partial charge < -0.3 is 34.9 Å². The van der Waals surface area contributed by atoms with Gasteiger partial charge in [-0.25, -0.2) is 0 Å². The summed E-state index contributed by atoms with van der Waals surface area (Å²) in [4.78, 5) is 0. The van der Waals surface area contributed by atoms with Crippen LogP contribution in [0.4, 0.5) is 0 Å². The average Bonchev–Trinajstić information content (AvgIpc) is 3.03. The third kappa shape index (κ3) is 10.3. The Balaban J connectivity index is 2.94. The molecular weight excluding hydrogens is 410 g/mol. The van der Waals surface area contributed by atoms with Gasteiger partial charge in [-0.15, -0.1) is 0 Å². The van der Waals surface area contributed by atoms with Gasteiger partial charge in [0.25, 0.3) is 0 Å². The highest BCUT2D eigenvalue weighted by Gasteiger charge is 2.53. The van der Waals surface area contributed by atoms with Gasteiger partial charge in [-0.3, -0.25) is 0 Å². The van der Waals surface area contributed by atoms with Gasteiger partial charge in [0.05, 0.1) is 48.8 Å². The lowest BCUT2D eigenvalue weighted by Gasteiger charge is -2.43. The van der Waals surface area contributed by atoms with E-state index in [9.17, 15) is 10.2 Å². The molecule has 192 valence electrons. The maximum absolute atomic E-state index is 10.1. The third-order valence-corrected chi connectivity index (χ3v) is 6.46. The van der Waals surface area contributed by atoms with Crippen LogP contribution in [0, 0.1) is 11.8 Å². The summed E-state index contributed by atoms with van der Waals surface area (Å²) < 4.78 is 24.9. The highest BCUT2D eigenvalue weighted by Crippen LogP contribution is 2.45. The summed E-state index contributed by atoms with van der Waals surface area (Å²) in [6.07, 6.45) is 2.53. The quantitative estimate of drug-likeness (QED) is 0.320. The average molecular weight is 462 g/mol. The normalized spacial score (nSPS) is 25.7. The molecule has 0 aromatic heterocycles. The van der Waals surface area contributed by atoms with Crippen LogP contribution in [0.15, 0.2) is 0 Å². The molecule has 0 aliphatic carbocycles. The van der Waals surface area contributed by atoms with Crippen LogP contribution in [-0.2, 0) is 18.9 Å². The van der Waals surface area contributed by atoms with Crippen molar-refractivity contribution in [2.45, 2.75) is 123 Å². The Kier molecular flexibility index (Phi) is 11.1. The van der Waals surface area contributed by atoms with Crippen LogP contribution in [-0.4, -0.2) is 71.4 Å². The Hall–Kier alpha value is -0.280. The van der Waals surface area contributed by atoms with Crippen LogP contribution in [0.25, 0.3) is 0 Å². The summed E-state index contributed by atoms with van der Waals surface area (Å²) in [6.45, 7) is 20.0. The number of aliphatic hydroxyl groups is 2. The second kappa shape index (κ2) is 11.9. The standard InChI is InChI=1S/C25H51NO6/c1-10-13-31-23(5,6)19-17-30-20(16-18(2)29-14-12-25(9,26)28)21(19)24(7,8)32-15-11-22(3,4)27/h18-21,27-28H,10-17,26H2,1-9H3. The van der Waals surface area contributed by atoms with E-state index in [1.807, 2.05) is 6.92 Å². The fraction of sp³-hybridized carbons (Fsp3) is 1.00. The molecule has 0 aromatic rings. The van der Waals surface area contributed by atoms with Gasteiger partial charge in [0.15, 0.2) is 0 Å². The maximum atomic E-state index is 10.1. The van der Waals surface area contributed by atoms with Crippen molar-refractivity contribution in [3.05, 3.63) is 0 Å². The molecule has 5 unspecified atom stereocenters. The third-order valence-electron chi connectivity index (χ3n) is 6.46. The Labute approximate surface area is 196 Å². The van der Waals surface area contributed by atoms with E-state index in [1.165, 1.54) is 0 Å². The van der Waals surface area contributed by atoms with Gasteiger partial charge in [-0.05, 0) is 74.7 Å². The van der Waals surface area contributed by atoms with Gasteiger partial charge in [0.1, 0.15) is 5.72 Å². The summed E-state index contributed by atoms with van der Waals surface area (Å²) in [7, 11) is 0. The van der Waals surface area contributed by atoms with E-state index in [2.05, 4.69) is 34.6 Å². The summed E-state index contributed by atoms with van der Waals surface area (Å²) >= 11 is 0. The summed E-state index contributed by atoms with van der Waals surface area (Å²) in [5, 5.41) is 19.8. The minimum Gasteiger partial charge on any atom is -0.390 e. The van der Waals surface area contributed by atoms with E-state index >= 15 is 0 Å². The number of hydrogen-bond donors (Lipinski definition) is 3. The highest BCUT2D eigenvalue weighted by molar-refractivity contribution is 5.01. The van der Waals surface area contributed by atoms with Crippen molar-refractivity contribution in [2.75, 3.05) is 26.4 Å². The molecule has 0 amide bonds. The van der Waals surface area contributed by atoms with Crippen LogP contribution in [0.5, 0.6) is 0 Å². The Morgan fingerprint density at radius 1 is 0.938 bits per heavy atom. The molecule has 0 spiro atoms. The van der Waals surface area contributed by atoms with Crippen LogP contribution < -0.4 is 5.73 Å². The van der Waals surface area contributed by atoms with Gasteiger partial charge in [-0.2, -0.15) is 0 Å². The summed E-state index contributed by atoms with van der Waals surface area (Å²) in [6, 6.07) is 0. The molecule has 5 atom stereocenters. The molecular formula is C25H51NO6. The molecule has 0 saturated carbocycles. The number of rotatable bonds is 15. The molecule has 1 fully saturated rings. The van der Waals surface area contributed by atoms with Gasteiger partial charge in [0.2, 0.25) is 0 Å². The predicted molar refractivity (Wildman–Crippen MR) is 127 cm³/mol. The van der Waals surface area contributed by atoms with Gasteiger partial charge in [-0.1, -0.05) is 6.92 Å². The van der Waals surface area contributed by atoms with Crippen LogP contribution in [0.2, 0.25) is 0 Å². The smallest absolute Gasteiger partial charge is 0.112 e. The molecule has 0 aromatic carbocycles. The second-order valence-electron chi connectivity index (χ2n) is 11.5. The topological polar surface area (TPSA) is 103 Å². The largest absolute Gasteiger partial charge is 0.390 e. The summed E-state index contributed by atoms with van der Waals surface area (Å²) in [5.41, 5.74) is 2.84. The lowest BCUT2D eigenvalue weighted by molar-refractivity contribution is -0.136. The number of ether oxygens (including phenoxy) is 4. The van der Waals surface area contributed by atoms with Gasteiger partial charge >= 0.3 is 0 Å². The van der Waals surface area contributed by atoms with Crippen molar-refractivity contribution in [1.82, 2.24) is 0 Å². The molecule has 32 heavy (non-hydrogen) atoms. The lowest BCUT2D eigenvalue weighted by atomic mass is 9.71. The van der Waals surface area contributed by atoms with E-state index in [0.29, 0.717) is 39.3 Å². The van der Waals surface area contributed by atoms with Crippen molar-refractivity contribution in [3.63, 3.8) is 0 Å².